The second-order valence-electron chi connectivity index (χ2n) is 8.09. The maximum atomic E-state index is 12.2. The Kier molecular flexibility index (Phi) is 8.62. The first-order valence-electron chi connectivity index (χ1n) is 11.2. The summed E-state index contributed by atoms with van der Waals surface area (Å²) in [6.07, 6.45) is 1.70. The Morgan fingerprint density at radius 2 is 1.58 bits per heavy atom. The number of hydrazone groups is 1. The van der Waals surface area contributed by atoms with Crippen LogP contribution in [0, 0.1) is 6.92 Å². The van der Waals surface area contributed by atoms with Gasteiger partial charge in [0.25, 0.3) is 5.91 Å². The summed E-state index contributed by atoms with van der Waals surface area (Å²) >= 11 is 0. The third-order valence-electron chi connectivity index (χ3n) is 5.78. The van der Waals surface area contributed by atoms with Crippen LogP contribution in [0.15, 0.2) is 53.6 Å². The minimum Gasteiger partial charge on any atom is -0.372 e. The first-order chi connectivity index (χ1) is 15.1. The predicted molar refractivity (Wildman–Crippen MR) is 129 cm³/mol. The molecule has 6 nitrogen and oxygen atoms in total. The number of anilines is 1. The number of aryl methyl sites for hydroxylation is 1. The fourth-order valence-electron chi connectivity index (χ4n) is 3.83. The molecule has 2 aromatic carbocycles. The maximum absolute atomic E-state index is 12.2. The number of rotatable bonds is 9. The number of nitrogens with one attached hydrogen (secondary N) is 1. The second kappa shape index (κ2) is 11.6. The van der Waals surface area contributed by atoms with E-state index in [1.807, 2.05) is 12.1 Å². The van der Waals surface area contributed by atoms with Gasteiger partial charge in [-0.15, -0.1) is 0 Å². The maximum Gasteiger partial charge on any atom is 0.254 e. The first kappa shape index (κ1) is 23.0. The molecule has 1 saturated heterocycles. The third-order valence-corrected chi connectivity index (χ3v) is 5.78. The van der Waals surface area contributed by atoms with E-state index in [1.165, 1.54) is 16.8 Å². The Morgan fingerprint density at radius 3 is 2.19 bits per heavy atom. The van der Waals surface area contributed by atoms with Gasteiger partial charge in [-0.2, -0.15) is 5.10 Å². The van der Waals surface area contributed by atoms with Gasteiger partial charge in [-0.3, -0.25) is 14.6 Å². The third kappa shape index (κ3) is 7.19. The molecular formula is C25H35N5O. The zero-order chi connectivity index (χ0) is 22.1. The van der Waals surface area contributed by atoms with E-state index in [1.54, 1.807) is 6.21 Å². The summed E-state index contributed by atoms with van der Waals surface area (Å²) in [6, 6.07) is 17.0. The number of amides is 1. The van der Waals surface area contributed by atoms with Crippen LogP contribution >= 0.6 is 0 Å². The summed E-state index contributed by atoms with van der Waals surface area (Å²) in [4.78, 5) is 19.2. The molecule has 1 heterocycles. The van der Waals surface area contributed by atoms with E-state index in [4.69, 9.17) is 0 Å². The van der Waals surface area contributed by atoms with Gasteiger partial charge in [0.05, 0.1) is 12.8 Å². The Labute approximate surface area is 186 Å². The molecule has 0 aromatic heterocycles. The molecule has 1 aliphatic heterocycles. The molecule has 0 unspecified atom stereocenters. The van der Waals surface area contributed by atoms with Crippen LogP contribution in [0.5, 0.6) is 0 Å². The van der Waals surface area contributed by atoms with Gasteiger partial charge in [0, 0.05) is 51.5 Å². The number of nitrogens with zero attached hydrogens (tertiary/aromatic N) is 4. The van der Waals surface area contributed by atoms with Gasteiger partial charge in [-0.05, 0) is 44.0 Å². The first-order valence-corrected chi connectivity index (χ1v) is 11.2. The molecule has 0 spiro atoms. The molecule has 0 saturated carbocycles. The van der Waals surface area contributed by atoms with Crippen molar-refractivity contribution in [1.29, 1.82) is 0 Å². The molecule has 6 heteroatoms. The Balaban J connectivity index is 1.38. The van der Waals surface area contributed by atoms with E-state index >= 15 is 0 Å². The van der Waals surface area contributed by atoms with Crippen LogP contribution in [-0.2, 0) is 11.3 Å². The smallest absolute Gasteiger partial charge is 0.254 e. The molecule has 1 amide bonds. The molecule has 0 bridgehead atoms. The van der Waals surface area contributed by atoms with Crippen LogP contribution in [0.1, 0.15) is 30.5 Å². The molecule has 0 atom stereocenters. The lowest BCUT2D eigenvalue weighted by Crippen LogP contribution is -2.48. The van der Waals surface area contributed by atoms with Crippen LogP contribution in [0.4, 0.5) is 5.69 Å². The van der Waals surface area contributed by atoms with Gasteiger partial charge in [0.15, 0.2) is 0 Å². The van der Waals surface area contributed by atoms with Gasteiger partial charge < -0.3 is 4.90 Å². The van der Waals surface area contributed by atoms with Crippen molar-refractivity contribution in [3.05, 3.63) is 65.2 Å². The monoisotopic (exact) mass is 421 g/mol. The molecule has 166 valence electrons. The highest BCUT2D eigenvalue weighted by Gasteiger charge is 2.18. The van der Waals surface area contributed by atoms with Crippen molar-refractivity contribution in [1.82, 2.24) is 15.2 Å². The highest BCUT2D eigenvalue weighted by molar-refractivity contribution is 5.83. The molecule has 1 fully saturated rings. The Bertz CT molecular complexity index is 835. The second-order valence-corrected chi connectivity index (χ2v) is 8.09. The summed E-state index contributed by atoms with van der Waals surface area (Å²) in [5.74, 6) is -0.0667. The zero-order valence-electron chi connectivity index (χ0n) is 19.1. The largest absolute Gasteiger partial charge is 0.372 e. The summed E-state index contributed by atoms with van der Waals surface area (Å²) in [7, 11) is 0. The lowest BCUT2D eigenvalue weighted by atomic mass is 10.1. The summed E-state index contributed by atoms with van der Waals surface area (Å²) < 4.78 is 0. The molecule has 0 radical (unpaired) electrons. The number of carbonyl (C=O) groups excluding carboxylic acids is 1. The summed E-state index contributed by atoms with van der Waals surface area (Å²) in [6.45, 7) is 13.5. The lowest BCUT2D eigenvalue weighted by Gasteiger charge is -2.34. The number of hydrogen-bond acceptors (Lipinski definition) is 5. The fourth-order valence-corrected chi connectivity index (χ4v) is 3.83. The molecule has 1 aliphatic rings. The van der Waals surface area contributed by atoms with Gasteiger partial charge >= 0.3 is 0 Å². The Morgan fingerprint density at radius 1 is 0.968 bits per heavy atom. The predicted octanol–water partition coefficient (Wildman–Crippen LogP) is 3.11. The zero-order valence-corrected chi connectivity index (χ0v) is 19.1. The molecule has 0 aliphatic carbocycles. The lowest BCUT2D eigenvalue weighted by molar-refractivity contribution is -0.122. The average Bonchev–Trinajstić information content (AvgIpc) is 2.78. The van der Waals surface area contributed by atoms with E-state index in [2.05, 4.69) is 82.4 Å². The van der Waals surface area contributed by atoms with Crippen LogP contribution in [0.2, 0.25) is 0 Å². The Hall–Kier alpha value is -2.70. The van der Waals surface area contributed by atoms with E-state index in [-0.39, 0.29) is 5.91 Å². The topological polar surface area (TPSA) is 51.2 Å². The van der Waals surface area contributed by atoms with Crippen LogP contribution in [0.3, 0.4) is 0 Å². The highest BCUT2D eigenvalue weighted by atomic mass is 16.2. The van der Waals surface area contributed by atoms with Crippen LogP contribution in [-0.4, -0.2) is 67.7 Å². The minimum atomic E-state index is -0.0667. The van der Waals surface area contributed by atoms with E-state index in [0.29, 0.717) is 6.54 Å². The van der Waals surface area contributed by atoms with Gasteiger partial charge in [-0.25, -0.2) is 5.43 Å². The normalized spacial score (nSPS) is 15.3. The van der Waals surface area contributed by atoms with E-state index in [9.17, 15) is 4.79 Å². The molecule has 31 heavy (non-hydrogen) atoms. The number of benzene rings is 2. The number of hydrogen-bond donors (Lipinski definition) is 1. The van der Waals surface area contributed by atoms with Crippen molar-refractivity contribution in [2.45, 2.75) is 27.3 Å². The molecular weight excluding hydrogens is 386 g/mol. The standard InChI is InChI=1S/C25H35N5O/c1-4-30(5-2)24-12-10-22(11-13-24)18-26-27-25(31)20-29-16-14-28(15-17-29)19-23-8-6-21(3)7-9-23/h6-13,18H,4-5,14-17,19-20H2,1-3H3,(H,27,31)/b26-18-. The van der Waals surface area contributed by atoms with E-state index < -0.39 is 0 Å². The van der Waals surface area contributed by atoms with E-state index in [0.717, 1.165) is 51.4 Å². The highest BCUT2D eigenvalue weighted by Crippen LogP contribution is 2.14. The van der Waals surface area contributed by atoms with Gasteiger partial charge in [0.1, 0.15) is 0 Å². The molecule has 1 N–H and O–H groups in total. The van der Waals surface area contributed by atoms with Crippen LogP contribution < -0.4 is 10.3 Å². The minimum absolute atomic E-state index is 0.0667. The SMILES string of the molecule is CCN(CC)c1ccc(/C=N\NC(=O)CN2CCN(Cc3ccc(C)cc3)CC2)cc1. The average molecular weight is 422 g/mol. The molecule has 3 rings (SSSR count). The van der Waals surface area contributed by atoms with Crippen molar-refractivity contribution in [2.24, 2.45) is 5.10 Å². The fraction of sp³-hybridized carbons (Fsp3) is 0.440. The van der Waals surface area contributed by atoms with Gasteiger partial charge in [0.2, 0.25) is 0 Å². The van der Waals surface area contributed by atoms with Crippen molar-refractivity contribution in [3.8, 4) is 0 Å². The number of piperazine rings is 1. The van der Waals surface area contributed by atoms with Crippen molar-refractivity contribution < 1.29 is 4.79 Å². The summed E-state index contributed by atoms with van der Waals surface area (Å²) in [5, 5.41) is 4.12. The summed E-state index contributed by atoms with van der Waals surface area (Å²) in [5.41, 5.74) is 7.47. The van der Waals surface area contributed by atoms with Crippen molar-refractivity contribution in [3.63, 3.8) is 0 Å². The quantitative estimate of drug-likeness (QED) is 0.499. The van der Waals surface area contributed by atoms with Crippen molar-refractivity contribution >= 4 is 17.8 Å². The number of carbonyl (C=O) groups is 1. The van der Waals surface area contributed by atoms with Crippen molar-refractivity contribution in [2.75, 3.05) is 50.7 Å². The van der Waals surface area contributed by atoms with Gasteiger partial charge in [-0.1, -0.05) is 42.0 Å². The molecule has 2 aromatic rings. The van der Waals surface area contributed by atoms with Crippen LogP contribution in [0.25, 0.3) is 0 Å².